The van der Waals surface area contributed by atoms with E-state index in [9.17, 15) is 0 Å². The molecule has 4 rings (SSSR count). The molecule has 2 heteroatoms. The van der Waals surface area contributed by atoms with Crippen LogP contribution in [0.15, 0.2) is 73.1 Å². The highest BCUT2D eigenvalue weighted by Crippen LogP contribution is 2.26. The van der Waals surface area contributed by atoms with E-state index >= 15 is 0 Å². The third-order valence-electron chi connectivity index (χ3n) is 3.55. The van der Waals surface area contributed by atoms with Gasteiger partial charge in [0, 0.05) is 34.1 Å². The third-order valence-corrected chi connectivity index (χ3v) is 3.55. The minimum atomic E-state index is 1.00. The van der Waals surface area contributed by atoms with E-state index in [4.69, 9.17) is 4.98 Å². The molecule has 0 saturated carbocycles. The Bertz CT molecular complexity index is 899. The van der Waals surface area contributed by atoms with E-state index in [0.29, 0.717) is 0 Å². The normalized spacial score (nSPS) is 11.0. The number of pyridine rings is 2. The Morgan fingerprint density at radius 2 is 1.50 bits per heavy atom. The fraction of sp³-hybridized carbons (Fsp3) is 0. The van der Waals surface area contributed by atoms with Crippen LogP contribution in [0.2, 0.25) is 0 Å². The summed E-state index contributed by atoms with van der Waals surface area (Å²) in [6, 6.07) is 20.7. The highest BCUT2D eigenvalue weighted by molar-refractivity contribution is 6.05. The van der Waals surface area contributed by atoms with Gasteiger partial charge >= 0.3 is 0 Å². The first kappa shape index (κ1) is 11.1. The van der Waals surface area contributed by atoms with E-state index in [1.807, 2.05) is 36.7 Å². The van der Waals surface area contributed by atoms with Crippen molar-refractivity contribution in [3.05, 3.63) is 73.1 Å². The van der Waals surface area contributed by atoms with E-state index in [2.05, 4.69) is 41.4 Å². The standard InChI is InChI=1S/C18H12N2/c1-2-4-13(5-3-1)17-9-8-14-6-7-15-12-19-11-10-16(15)18(14)20-17/h1-12H. The van der Waals surface area contributed by atoms with Crippen molar-refractivity contribution in [3.63, 3.8) is 0 Å². The number of benzene rings is 2. The Labute approximate surface area is 116 Å². The lowest BCUT2D eigenvalue weighted by Gasteiger charge is -2.06. The Morgan fingerprint density at radius 1 is 0.700 bits per heavy atom. The SMILES string of the molecule is c1ccc(-c2ccc3ccc4cnccc4c3n2)cc1. The molecule has 2 aromatic carbocycles. The van der Waals surface area contributed by atoms with Crippen LogP contribution in [0.25, 0.3) is 32.9 Å². The maximum Gasteiger partial charge on any atom is 0.0788 e. The van der Waals surface area contributed by atoms with Crippen molar-refractivity contribution in [2.75, 3.05) is 0 Å². The fourth-order valence-corrected chi connectivity index (χ4v) is 2.52. The van der Waals surface area contributed by atoms with Crippen LogP contribution < -0.4 is 0 Å². The Balaban J connectivity index is 2.05. The first-order chi connectivity index (χ1) is 9.92. The van der Waals surface area contributed by atoms with Crippen molar-refractivity contribution in [2.45, 2.75) is 0 Å². The fourth-order valence-electron chi connectivity index (χ4n) is 2.52. The van der Waals surface area contributed by atoms with Gasteiger partial charge in [0.05, 0.1) is 11.2 Å². The van der Waals surface area contributed by atoms with Crippen LogP contribution in [-0.4, -0.2) is 9.97 Å². The zero-order valence-electron chi connectivity index (χ0n) is 10.8. The summed E-state index contributed by atoms with van der Waals surface area (Å²) in [4.78, 5) is 9.02. The average molecular weight is 256 g/mol. The number of hydrogen-bond acceptors (Lipinski definition) is 2. The molecule has 0 bridgehead atoms. The number of hydrogen-bond donors (Lipinski definition) is 0. The molecule has 4 aromatic rings. The number of fused-ring (bicyclic) bond motifs is 3. The predicted octanol–water partition coefficient (Wildman–Crippen LogP) is 4.45. The predicted molar refractivity (Wildman–Crippen MR) is 82.5 cm³/mol. The molecule has 0 aliphatic carbocycles. The molecular weight excluding hydrogens is 244 g/mol. The molecule has 0 amide bonds. The van der Waals surface area contributed by atoms with Gasteiger partial charge in [-0.05, 0) is 12.1 Å². The van der Waals surface area contributed by atoms with Gasteiger partial charge in [-0.3, -0.25) is 4.98 Å². The molecule has 20 heavy (non-hydrogen) atoms. The van der Waals surface area contributed by atoms with Crippen LogP contribution in [0.1, 0.15) is 0 Å². The Hall–Kier alpha value is -2.74. The maximum atomic E-state index is 4.85. The molecule has 0 fully saturated rings. The van der Waals surface area contributed by atoms with E-state index in [0.717, 1.165) is 32.9 Å². The number of rotatable bonds is 1. The van der Waals surface area contributed by atoms with Gasteiger partial charge in [-0.25, -0.2) is 4.98 Å². The monoisotopic (exact) mass is 256 g/mol. The summed E-state index contributed by atoms with van der Waals surface area (Å²) < 4.78 is 0. The van der Waals surface area contributed by atoms with Gasteiger partial charge in [-0.15, -0.1) is 0 Å². The smallest absolute Gasteiger partial charge is 0.0788 e. The lowest BCUT2D eigenvalue weighted by atomic mass is 10.1. The highest BCUT2D eigenvalue weighted by atomic mass is 14.7. The summed E-state index contributed by atoms with van der Waals surface area (Å²) in [6.07, 6.45) is 3.70. The second-order valence-electron chi connectivity index (χ2n) is 4.80. The van der Waals surface area contributed by atoms with Crippen LogP contribution in [-0.2, 0) is 0 Å². The maximum absolute atomic E-state index is 4.85. The van der Waals surface area contributed by atoms with Crippen LogP contribution >= 0.6 is 0 Å². The van der Waals surface area contributed by atoms with Gasteiger partial charge in [0.15, 0.2) is 0 Å². The topological polar surface area (TPSA) is 25.8 Å². The van der Waals surface area contributed by atoms with E-state index in [1.54, 1.807) is 0 Å². The first-order valence-electron chi connectivity index (χ1n) is 6.61. The second-order valence-corrected chi connectivity index (χ2v) is 4.80. The highest BCUT2D eigenvalue weighted by Gasteiger charge is 2.04. The van der Waals surface area contributed by atoms with Crippen molar-refractivity contribution in [2.24, 2.45) is 0 Å². The number of aromatic nitrogens is 2. The molecule has 94 valence electrons. The lowest BCUT2D eigenvalue weighted by molar-refractivity contribution is 1.36. The minimum Gasteiger partial charge on any atom is -0.264 e. The van der Waals surface area contributed by atoms with E-state index in [1.165, 1.54) is 0 Å². The van der Waals surface area contributed by atoms with Gasteiger partial charge < -0.3 is 0 Å². The third kappa shape index (κ3) is 1.74. The molecule has 0 radical (unpaired) electrons. The zero-order chi connectivity index (χ0) is 13.4. The summed E-state index contributed by atoms with van der Waals surface area (Å²) in [5.41, 5.74) is 3.18. The van der Waals surface area contributed by atoms with Crippen molar-refractivity contribution in [1.29, 1.82) is 0 Å². The van der Waals surface area contributed by atoms with Crippen molar-refractivity contribution < 1.29 is 0 Å². The molecule has 0 atom stereocenters. The van der Waals surface area contributed by atoms with Crippen LogP contribution in [0.3, 0.4) is 0 Å². The summed E-state index contributed by atoms with van der Waals surface area (Å²) in [7, 11) is 0. The molecule has 0 N–H and O–H groups in total. The molecule has 0 unspecified atom stereocenters. The zero-order valence-corrected chi connectivity index (χ0v) is 10.8. The quantitative estimate of drug-likeness (QED) is 0.470. The molecule has 2 aromatic heterocycles. The molecule has 2 heterocycles. The van der Waals surface area contributed by atoms with Gasteiger partial charge in [0.1, 0.15) is 0 Å². The van der Waals surface area contributed by atoms with Crippen LogP contribution in [0.4, 0.5) is 0 Å². The van der Waals surface area contributed by atoms with Crippen molar-refractivity contribution in [3.8, 4) is 11.3 Å². The second kappa shape index (κ2) is 4.42. The van der Waals surface area contributed by atoms with E-state index < -0.39 is 0 Å². The number of nitrogens with zero attached hydrogens (tertiary/aromatic N) is 2. The molecule has 0 spiro atoms. The molecule has 2 nitrogen and oxygen atoms in total. The Morgan fingerprint density at radius 3 is 2.40 bits per heavy atom. The largest absolute Gasteiger partial charge is 0.264 e. The average Bonchev–Trinajstić information content (AvgIpc) is 2.55. The molecule has 0 aliphatic rings. The Kier molecular flexibility index (Phi) is 2.46. The van der Waals surface area contributed by atoms with Gasteiger partial charge in [0.25, 0.3) is 0 Å². The van der Waals surface area contributed by atoms with Crippen molar-refractivity contribution >= 4 is 21.7 Å². The minimum absolute atomic E-state index is 1.00. The van der Waals surface area contributed by atoms with Crippen LogP contribution in [0, 0.1) is 0 Å². The summed E-state index contributed by atoms with van der Waals surface area (Å²) in [6.45, 7) is 0. The van der Waals surface area contributed by atoms with Gasteiger partial charge in [-0.1, -0.05) is 48.5 Å². The summed E-state index contributed by atoms with van der Waals surface area (Å²) in [5.74, 6) is 0. The lowest BCUT2D eigenvalue weighted by Crippen LogP contribution is -1.87. The molecular formula is C18H12N2. The first-order valence-corrected chi connectivity index (χ1v) is 6.61. The summed E-state index contributed by atoms with van der Waals surface area (Å²) >= 11 is 0. The van der Waals surface area contributed by atoms with Crippen molar-refractivity contribution in [1.82, 2.24) is 9.97 Å². The molecule has 0 saturated heterocycles. The van der Waals surface area contributed by atoms with Crippen LogP contribution in [0.5, 0.6) is 0 Å². The molecule has 0 aliphatic heterocycles. The van der Waals surface area contributed by atoms with Gasteiger partial charge in [0.2, 0.25) is 0 Å². The van der Waals surface area contributed by atoms with Gasteiger partial charge in [-0.2, -0.15) is 0 Å². The summed E-state index contributed by atoms with van der Waals surface area (Å²) in [5, 5.41) is 3.43. The van der Waals surface area contributed by atoms with E-state index in [-0.39, 0.29) is 0 Å².